The first kappa shape index (κ1) is 8.86. The fourth-order valence-corrected chi connectivity index (χ4v) is 3.27. The molecule has 1 unspecified atom stereocenters. The second kappa shape index (κ2) is 3.04. The SMILES string of the molecule is O=C1CCC2CC3(C[C@H]2C1)OCCO3. The van der Waals surface area contributed by atoms with Gasteiger partial charge in [-0.25, -0.2) is 0 Å². The van der Waals surface area contributed by atoms with Gasteiger partial charge in [-0.1, -0.05) is 0 Å². The summed E-state index contributed by atoms with van der Waals surface area (Å²) in [6.07, 6.45) is 4.56. The fourth-order valence-electron chi connectivity index (χ4n) is 3.27. The molecule has 3 rings (SSSR count). The van der Waals surface area contributed by atoms with E-state index in [-0.39, 0.29) is 5.79 Å². The summed E-state index contributed by atoms with van der Waals surface area (Å²) in [5.41, 5.74) is 0. The highest BCUT2D eigenvalue weighted by atomic mass is 16.7. The largest absolute Gasteiger partial charge is 0.348 e. The van der Waals surface area contributed by atoms with Crippen LogP contribution < -0.4 is 0 Å². The Kier molecular flexibility index (Phi) is 1.92. The molecule has 1 aliphatic heterocycles. The van der Waals surface area contributed by atoms with E-state index in [4.69, 9.17) is 9.47 Å². The van der Waals surface area contributed by atoms with Gasteiger partial charge in [-0.3, -0.25) is 4.79 Å². The first-order chi connectivity index (χ1) is 6.77. The van der Waals surface area contributed by atoms with Crippen LogP contribution in [0.25, 0.3) is 0 Å². The van der Waals surface area contributed by atoms with Gasteiger partial charge < -0.3 is 9.47 Å². The average Bonchev–Trinajstić information content (AvgIpc) is 2.72. The van der Waals surface area contributed by atoms with Crippen molar-refractivity contribution in [2.24, 2.45) is 11.8 Å². The molecule has 2 atom stereocenters. The molecule has 0 amide bonds. The zero-order valence-corrected chi connectivity index (χ0v) is 8.33. The Labute approximate surface area is 83.8 Å². The van der Waals surface area contributed by atoms with Crippen LogP contribution in [-0.4, -0.2) is 24.8 Å². The van der Waals surface area contributed by atoms with E-state index in [2.05, 4.69) is 0 Å². The highest BCUT2D eigenvalue weighted by Gasteiger charge is 2.50. The van der Waals surface area contributed by atoms with Crippen LogP contribution in [0.4, 0.5) is 0 Å². The van der Waals surface area contributed by atoms with Crippen LogP contribution in [0.3, 0.4) is 0 Å². The molecule has 1 saturated heterocycles. The Balaban J connectivity index is 1.75. The van der Waals surface area contributed by atoms with E-state index in [0.29, 0.717) is 17.6 Å². The standard InChI is InChI=1S/C11H16O3/c12-10-2-1-8-6-11(7-9(8)5-10)13-3-4-14-11/h8-9H,1-7H2/t8?,9-/m1/s1. The van der Waals surface area contributed by atoms with Crippen molar-refractivity contribution in [2.75, 3.05) is 13.2 Å². The van der Waals surface area contributed by atoms with Crippen LogP contribution in [0.1, 0.15) is 32.1 Å². The van der Waals surface area contributed by atoms with Crippen molar-refractivity contribution >= 4 is 5.78 Å². The minimum absolute atomic E-state index is 0.292. The third kappa shape index (κ3) is 1.30. The highest BCUT2D eigenvalue weighted by Crippen LogP contribution is 2.49. The van der Waals surface area contributed by atoms with Crippen LogP contribution >= 0.6 is 0 Å². The summed E-state index contributed by atoms with van der Waals surface area (Å²) in [7, 11) is 0. The Hall–Kier alpha value is -0.410. The predicted octanol–water partition coefficient (Wildman–Crippen LogP) is 1.51. The quantitative estimate of drug-likeness (QED) is 0.589. The third-order valence-electron chi connectivity index (χ3n) is 3.91. The van der Waals surface area contributed by atoms with Crippen molar-refractivity contribution in [1.29, 1.82) is 0 Å². The maximum absolute atomic E-state index is 11.3. The normalized spacial score (nSPS) is 40.4. The molecule has 2 aliphatic carbocycles. The van der Waals surface area contributed by atoms with E-state index in [1.165, 1.54) is 0 Å². The number of ether oxygens (including phenoxy) is 2. The monoisotopic (exact) mass is 196 g/mol. The lowest BCUT2D eigenvalue weighted by Crippen LogP contribution is -2.26. The predicted molar refractivity (Wildman–Crippen MR) is 49.7 cm³/mol. The van der Waals surface area contributed by atoms with Crippen molar-refractivity contribution in [3.63, 3.8) is 0 Å². The Bertz CT molecular complexity index is 255. The van der Waals surface area contributed by atoms with Gasteiger partial charge in [0.25, 0.3) is 0 Å². The molecule has 3 heteroatoms. The number of hydrogen-bond donors (Lipinski definition) is 0. The molecule has 3 fully saturated rings. The molecule has 78 valence electrons. The van der Waals surface area contributed by atoms with E-state index >= 15 is 0 Å². The minimum atomic E-state index is -0.292. The Morgan fingerprint density at radius 1 is 1.14 bits per heavy atom. The van der Waals surface area contributed by atoms with Crippen molar-refractivity contribution in [1.82, 2.24) is 0 Å². The van der Waals surface area contributed by atoms with Gasteiger partial charge >= 0.3 is 0 Å². The molecule has 0 bridgehead atoms. The number of ketones is 1. The summed E-state index contributed by atoms with van der Waals surface area (Å²) >= 11 is 0. The molecule has 0 aromatic heterocycles. The molecule has 0 radical (unpaired) electrons. The molecule has 3 nitrogen and oxygen atoms in total. The van der Waals surface area contributed by atoms with Crippen molar-refractivity contribution in [3.05, 3.63) is 0 Å². The number of Topliss-reactive ketones (excluding diaryl/α,β-unsaturated/α-hetero) is 1. The molecule has 2 saturated carbocycles. The van der Waals surface area contributed by atoms with Gasteiger partial charge in [-0.2, -0.15) is 0 Å². The Morgan fingerprint density at radius 3 is 2.64 bits per heavy atom. The first-order valence-corrected chi connectivity index (χ1v) is 5.57. The topological polar surface area (TPSA) is 35.5 Å². The van der Waals surface area contributed by atoms with Gasteiger partial charge in [0.15, 0.2) is 5.79 Å². The maximum Gasteiger partial charge on any atom is 0.169 e. The smallest absolute Gasteiger partial charge is 0.169 e. The second-order valence-electron chi connectivity index (χ2n) is 4.82. The zero-order valence-electron chi connectivity index (χ0n) is 8.33. The van der Waals surface area contributed by atoms with E-state index in [9.17, 15) is 4.79 Å². The van der Waals surface area contributed by atoms with Gasteiger partial charge in [-0.05, 0) is 18.3 Å². The summed E-state index contributed by atoms with van der Waals surface area (Å²) in [5.74, 6) is 1.35. The molecule has 3 aliphatic rings. The molecule has 0 aromatic rings. The summed E-state index contributed by atoms with van der Waals surface area (Å²) in [5, 5.41) is 0. The average molecular weight is 196 g/mol. The lowest BCUT2D eigenvalue weighted by Gasteiger charge is -2.22. The van der Waals surface area contributed by atoms with Crippen molar-refractivity contribution in [3.8, 4) is 0 Å². The van der Waals surface area contributed by atoms with Gasteiger partial charge in [0.05, 0.1) is 13.2 Å². The Morgan fingerprint density at radius 2 is 1.86 bits per heavy atom. The minimum Gasteiger partial charge on any atom is -0.348 e. The summed E-state index contributed by atoms with van der Waals surface area (Å²) in [6, 6.07) is 0. The van der Waals surface area contributed by atoms with Gasteiger partial charge in [-0.15, -0.1) is 0 Å². The molecule has 0 N–H and O–H groups in total. The molecule has 14 heavy (non-hydrogen) atoms. The van der Waals surface area contributed by atoms with Gasteiger partial charge in [0.2, 0.25) is 0 Å². The molecular weight excluding hydrogens is 180 g/mol. The number of carbonyl (C=O) groups is 1. The summed E-state index contributed by atoms with van der Waals surface area (Å²) in [4.78, 5) is 11.3. The zero-order chi connectivity index (χ0) is 9.60. The van der Waals surface area contributed by atoms with Crippen molar-refractivity contribution in [2.45, 2.75) is 37.9 Å². The van der Waals surface area contributed by atoms with Crippen LogP contribution in [-0.2, 0) is 14.3 Å². The summed E-state index contributed by atoms with van der Waals surface area (Å²) < 4.78 is 11.4. The molecule has 1 spiro atoms. The maximum atomic E-state index is 11.3. The van der Waals surface area contributed by atoms with Crippen molar-refractivity contribution < 1.29 is 14.3 Å². The lowest BCUT2D eigenvalue weighted by atomic mass is 9.81. The van der Waals surface area contributed by atoms with E-state index in [1.807, 2.05) is 0 Å². The van der Waals surface area contributed by atoms with Crippen LogP contribution in [0, 0.1) is 11.8 Å². The highest BCUT2D eigenvalue weighted by molar-refractivity contribution is 5.79. The van der Waals surface area contributed by atoms with Gasteiger partial charge in [0, 0.05) is 25.7 Å². The molecular formula is C11H16O3. The molecule has 0 aromatic carbocycles. The van der Waals surface area contributed by atoms with E-state index in [0.717, 1.165) is 45.3 Å². The van der Waals surface area contributed by atoms with Crippen LogP contribution in [0.5, 0.6) is 0 Å². The molecule has 1 heterocycles. The fraction of sp³-hybridized carbons (Fsp3) is 0.909. The number of hydrogen-bond acceptors (Lipinski definition) is 3. The van der Waals surface area contributed by atoms with E-state index < -0.39 is 0 Å². The third-order valence-corrected chi connectivity index (χ3v) is 3.91. The lowest BCUT2D eigenvalue weighted by molar-refractivity contribution is -0.154. The second-order valence-corrected chi connectivity index (χ2v) is 4.82. The van der Waals surface area contributed by atoms with Gasteiger partial charge in [0.1, 0.15) is 5.78 Å². The first-order valence-electron chi connectivity index (χ1n) is 5.57. The summed E-state index contributed by atoms with van der Waals surface area (Å²) in [6.45, 7) is 1.46. The number of rotatable bonds is 0. The van der Waals surface area contributed by atoms with E-state index in [1.54, 1.807) is 0 Å². The number of carbonyl (C=O) groups excluding carboxylic acids is 1. The number of fused-ring (bicyclic) bond motifs is 1. The van der Waals surface area contributed by atoms with Crippen LogP contribution in [0.2, 0.25) is 0 Å². The van der Waals surface area contributed by atoms with Crippen LogP contribution in [0.15, 0.2) is 0 Å².